The van der Waals surface area contributed by atoms with Gasteiger partial charge in [-0.1, -0.05) is 65.3 Å². The van der Waals surface area contributed by atoms with Crippen molar-refractivity contribution < 1.29 is 13.5 Å². The van der Waals surface area contributed by atoms with Crippen LogP contribution in [-0.2, 0) is 26.4 Å². The lowest BCUT2D eigenvalue weighted by Gasteiger charge is -2.28. The number of hydrogen-bond donors (Lipinski definition) is 1. The summed E-state index contributed by atoms with van der Waals surface area (Å²) in [5.74, 6) is -0.0884. The fraction of sp³-hybridized carbons (Fsp3) is 0.375. The molecule has 0 aromatic heterocycles. The van der Waals surface area contributed by atoms with Crippen molar-refractivity contribution in [3.63, 3.8) is 0 Å². The summed E-state index contributed by atoms with van der Waals surface area (Å²) in [4.78, 5) is -0.317. The van der Waals surface area contributed by atoms with Crippen LogP contribution < -0.4 is 0 Å². The molecule has 0 saturated heterocycles. The average molecular weight is 446 g/mol. The summed E-state index contributed by atoms with van der Waals surface area (Å²) in [6, 6.07) is 11.8. The largest absolute Gasteiger partial charge is 0.507 e. The van der Waals surface area contributed by atoms with Gasteiger partial charge in [0, 0.05) is 16.1 Å². The Morgan fingerprint density at radius 2 is 1.50 bits per heavy atom. The number of nitriles is 1. The monoisotopic (exact) mass is 445 g/mol. The van der Waals surface area contributed by atoms with Crippen molar-refractivity contribution in [2.45, 2.75) is 58.1 Å². The molecular formula is C24H28ClNO3S. The topological polar surface area (TPSA) is 78.2 Å². The second-order valence-corrected chi connectivity index (χ2v) is 11.9. The molecule has 0 radical (unpaired) electrons. The lowest BCUT2D eigenvalue weighted by atomic mass is 9.78. The van der Waals surface area contributed by atoms with Crippen LogP contribution in [0.3, 0.4) is 0 Å². The summed E-state index contributed by atoms with van der Waals surface area (Å²) >= 11 is 5.86. The number of hydrogen-bond acceptors (Lipinski definition) is 4. The van der Waals surface area contributed by atoms with Crippen molar-refractivity contribution in [3.8, 4) is 11.8 Å². The maximum Gasteiger partial charge on any atom is 0.192 e. The molecule has 0 spiro atoms. The zero-order chi connectivity index (χ0) is 22.9. The van der Waals surface area contributed by atoms with Crippen LogP contribution in [0.4, 0.5) is 0 Å². The molecule has 2 aromatic rings. The highest BCUT2D eigenvalue weighted by atomic mass is 35.5. The molecule has 4 nitrogen and oxygen atoms in total. The molecule has 2 aromatic carbocycles. The van der Waals surface area contributed by atoms with Crippen molar-refractivity contribution in [1.82, 2.24) is 0 Å². The standard InChI is InChI=1S/C24H28ClNO3S/c1-23(2,3)20-12-17(13-21(22(20)27)24(4,5)6)11-19(14-26)30(28,29)15-16-7-9-18(25)10-8-16/h7-13,27H,15H2,1-6H3/b19-11-. The minimum absolute atomic E-state index is 0.203. The molecule has 0 fully saturated rings. The first-order valence-corrected chi connectivity index (χ1v) is 11.6. The highest BCUT2D eigenvalue weighted by molar-refractivity contribution is 7.95. The van der Waals surface area contributed by atoms with Gasteiger partial charge in [0.1, 0.15) is 16.7 Å². The molecule has 2 rings (SSSR count). The van der Waals surface area contributed by atoms with E-state index in [0.717, 1.165) is 0 Å². The lowest BCUT2D eigenvalue weighted by Crippen LogP contribution is -2.17. The summed E-state index contributed by atoms with van der Waals surface area (Å²) in [5.41, 5.74) is 1.81. The van der Waals surface area contributed by atoms with Crippen LogP contribution in [0.25, 0.3) is 6.08 Å². The third kappa shape index (κ3) is 5.65. The number of phenolic OH excluding ortho intramolecular Hbond substituents is 1. The second kappa shape index (κ2) is 8.45. The zero-order valence-corrected chi connectivity index (χ0v) is 19.8. The van der Waals surface area contributed by atoms with Crippen LogP contribution in [0.1, 0.15) is 63.8 Å². The van der Waals surface area contributed by atoms with Crippen LogP contribution in [0, 0.1) is 11.3 Å². The van der Waals surface area contributed by atoms with E-state index in [0.29, 0.717) is 27.3 Å². The molecular weight excluding hydrogens is 418 g/mol. The van der Waals surface area contributed by atoms with Gasteiger partial charge in [0.15, 0.2) is 9.84 Å². The first kappa shape index (κ1) is 24.0. The third-order valence-corrected chi connectivity index (χ3v) is 6.61. The molecule has 0 aliphatic heterocycles. The molecule has 30 heavy (non-hydrogen) atoms. The van der Waals surface area contributed by atoms with Crippen LogP contribution in [-0.4, -0.2) is 13.5 Å². The van der Waals surface area contributed by atoms with Gasteiger partial charge in [-0.15, -0.1) is 0 Å². The Kier molecular flexibility index (Phi) is 6.76. The van der Waals surface area contributed by atoms with Gasteiger partial charge >= 0.3 is 0 Å². The lowest BCUT2D eigenvalue weighted by molar-refractivity contribution is 0.423. The molecule has 0 heterocycles. The number of halogens is 1. The number of sulfone groups is 1. The van der Waals surface area contributed by atoms with E-state index in [9.17, 15) is 18.8 Å². The van der Waals surface area contributed by atoms with Crippen molar-refractivity contribution in [3.05, 3.63) is 68.6 Å². The Morgan fingerprint density at radius 1 is 1.03 bits per heavy atom. The number of rotatable bonds is 4. The average Bonchev–Trinajstić information content (AvgIpc) is 2.60. The molecule has 160 valence electrons. The van der Waals surface area contributed by atoms with E-state index in [1.165, 1.54) is 6.08 Å². The summed E-state index contributed by atoms with van der Waals surface area (Å²) in [7, 11) is -3.85. The van der Waals surface area contributed by atoms with E-state index in [1.807, 2.05) is 47.6 Å². The predicted octanol–water partition coefficient (Wildman–Crippen LogP) is 6.12. The fourth-order valence-corrected chi connectivity index (χ4v) is 4.47. The van der Waals surface area contributed by atoms with Crippen LogP contribution >= 0.6 is 11.6 Å². The predicted molar refractivity (Wildman–Crippen MR) is 123 cm³/mol. The van der Waals surface area contributed by atoms with E-state index in [2.05, 4.69) is 0 Å². The number of benzene rings is 2. The Balaban J connectivity index is 2.60. The van der Waals surface area contributed by atoms with Crippen LogP contribution in [0.2, 0.25) is 5.02 Å². The number of aromatic hydroxyl groups is 1. The van der Waals surface area contributed by atoms with Gasteiger partial charge in [0.05, 0.1) is 5.75 Å². The zero-order valence-electron chi connectivity index (χ0n) is 18.2. The van der Waals surface area contributed by atoms with E-state index in [4.69, 9.17) is 11.6 Å². The van der Waals surface area contributed by atoms with Gasteiger partial charge in [-0.2, -0.15) is 5.26 Å². The van der Waals surface area contributed by atoms with E-state index >= 15 is 0 Å². The summed E-state index contributed by atoms with van der Waals surface area (Å²) in [6.45, 7) is 11.9. The second-order valence-electron chi connectivity index (χ2n) is 9.47. The van der Waals surface area contributed by atoms with Gasteiger partial charge in [-0.05, 0) is 52.3 Å². The van der Waals surface area contributed by atoms with Crippen molar-refractivity contribution >= 4 is 27.5 Å². The summed E-state index contributed by atoms with van der Waals surface area (Å²) < 4.78 is 25.8. The normalized spacial score (nSPS) is 13.2. The van der Waals surface area contributed by atoms with Gasteiger partial charge < -0.3 is 5.11 Å². The Bertz CT molecular complexity index is 1080. The van der Waals surface area contributed by atoms with Crippen molar-refractivity contribution in [2.75, 3.05) is 0 Å². The maximum atomic E-state index is 12.9. The third-order valence-electron chi connectivity index (χ3n) is 4.76. The highest BCUT2D eigenvalue weighted by Gasteiger charge is 2.27. The maximum absolute atomic E-state index is 12.9. The van der Waals surface area contributed by atoms with Gasteiger partial charge in [-0.3, -0.25) is 0 Å². The van der Waals surface area contributed by atoms with Crippen molar-refractivity contribution in [2.24, 2.45) is 0 Å². The molecule has 0 saturated carbocycles. The molecule has 0 unspecified atom stereocenters. The Morgan fingerprint density at radius 3 is 1.90 bits per heavy atom. The molecule has 0 aliphatic rings. The minimum atomic E-state index is -3.85. The molecule has 6 heteroatoms. The van der Waals surface area contributed by atoms with Gasteiger partial charge in [0.2, 0.25) is 0 Å². The molecule has 0 bridgehead atoms. The number of nitrogens with zero attached hydrogens (tertiary/aromatic N) is 1. The Hall–Kier alpha value is -2.29. The summed E-state index contributed by atoms with van der Waals surface area (Å²) in [6.07, 6.45) is 1.38. The fourth-order valence-electron chi connectivity index (χ4n) is 3.10. The van der Waals surface area contributed by atoms with E-state index in [-0.39, 0.29) is 27.2 Å². The van der Waals surface area contributed by atoms with E-state index in [1.54, 1.807) is 36.4 Å². The highest BCUT2D eigenvalue weighted by Crippen LogP contribution is 2.40. The van der Waals surface area contributed by atoms with Crippen LogP contribution in [0.5, 0.6) is 5.75 Å². The molecule has 0 aliphatic carbocycles. The first-order valence-electron chi connectivity index (χ1n) is 9.62. The SMILES string of the molecule is CC(C)(C)c1cc(/C=C(/C#N)S(=O)(=O)Cc2ccc(Cl)cc2)cc(C(C)(C)C)c1O. The quantitative estimate of drug-likeness (QED) is 0.575. The molecule has 0 atom stereocenters. The summed E-state index contributed by atoms with van der Waals surface area (Å²) in [5, 5.41) is 20.9. The first-order chi connectivity index (χ1) is 13.6. The number of phenols is 1. The minimum Gasteiger partial charge on any atom is -0.507 e. The number of allylic oxidation sites excluding steroid dienone is 1. The molecule has 1 N–H and O–H groups in total. The molecule has 0 amide bonds. The van der Waals surface area contributed by atoms with Gasteiger partial charge in [0.25, 0.3) is 0 Å². The van der Waals surface area contributed by atoms with Gasteiger partial charge in [-0.25, -0.2) is 8.42 Å². The van der Waals surface area contributed by atoms with Crippen molar-refractivity contribution in [1.29, 1.82) is 5.26 Å². The van der Waals surface area contributed by atoms with Crippen LogP contribution in [0.15, 0.2) is 41.3 Å². The smallest absolute Gasteiger partial charge is 0.192 e. The van der Waals surface area contributed by atoms with E-state index < -0.39 is 9.84 Å². The Labute approximate surface area is 184 Å².